The van der Waals surface area contributed by atoms with Crippen molar-refractivity contribution in [3.63, 3.8) is 0 Å². The van der Waals surface area contributed by atoms with E-state index < -0.39 is 0 Å². The summed E-state index contributed by atoms with van der Waals surface area (Å²) in [6, 6.07) is 20.4. The van der Waals surface area contributed by atoms with Gasteiger partial charge in [0.05, 0.1) is 11.6 Å². The van der Waals surface area contributed by atoms with Gasteiger partial charge in [-0.2, -0.15) is 5.26 Å². The molecule has 0 spiro atoms. The highest BCUT2D eigenvalue weighted by Crippen LogP contribution is 2.17. The maximum atomic E-state index is 8.90. The van der Waals surface area contributed by atoms with Gasteiger partial charge in [-0.25, -0.2) is 0 Å². The molecule has 3 rings (SSSR count). The highest BCUT2D eigenvalue weighted by molar-refractivity contribution is 5.80. The van der Waals surface area contributed by atoms with Gasteiger partial charge in [-0.3, -0.25) is 0 Å². The molecular weight excluding hydrogens is 220 g/mol. The Morgan fingerprint density at radius 1 is 1.00 bits per heavy atom. The van der Waals surface area contributed by atoms with Crippen molar-refractivity contribution < 1.29 is 0 Å². The lowest BCUT2D eigenvalue weighted by Gasteiger charge is -2.05. The number of nitrogens with zero attached hydrogens (tertiary/aromatic N) is 2. The molecule has 2 aromatic carbocycles. The standard InChI is InChI=1S/C16H12N2/c17-11-13-4-3-5-14(10-13)12-18-9-8-15-6-1-2-7-16(15)18/h1-10H,12H2. The van der Waals surface area contributed by atoms with Crippen LogP contribution in [0.25, 0.3) is 10.9 Å². The molecular formula is C16H12N2. The summed E-state index contributed by atoms with van der Waals surface area (Å²) in [4.78, 5) is 0. The van der Waals surface area contributed by atoms with Gasteiger partial charge in [0.25, 0.3) is 0 Å². The highest BCUT2D eigenvalue weighted by Gasteiger charge is 2.01. The molecule has 0 bridgehead atoms. The molecule has 3 aromatic rings. The van der Waals surface area contributed by atoms with Crippen molar-refractivity contribution in [2.24, 2.45) is 0 Å². The van der Waals surface area contributed by atoms with Gasteiger partial charge in [0, 0.05) is 18.3 Å². The summed E-state index contributed by atoms with van der Waals surface area (Å²) in [6.07, 6.45) is 2.09. The maximum absolute atomic E-state index is 8.90. The van der Waals surface area contributed by atoms with Crippen molar-refractivity contribution in [1.82, 2.24) is 4.57 Å². The molecule has 0 saturated carbocycles. The van der Waals surface area contributed by atoms with E-state index >= 15 is 0 Å². The van der Waals surface area contributed by atoms with E-state index in [4.69, 9.17) is 5.26 Å². The number of aromatic nitrogens is 1. The third kappa shape index (κ3) is 1.87. The summed E-state index contributed by atoms with van der Waals surface area (Å²) in [5, 5.41) is 10.1. The van der Waals surface area contributed by atoms with Gasteiger partial charge in [0.15, 0.2) is 0 Å². The van der Waals surface area contributed by atoms with E-state index in [0.29, 0.717) is 5.56 Å². The zero-order valence-electron chi connectivity index (χ0n) is 9.88. The van der Waals surface area contributed by atoms with E-state index in [9.17, 15) is 0 Å². The van der Waals surface area contributed by atoms with Crippen LogP contribution in [0, 0.1) is 11.3 Å². The Balaban J connectivity index is 1.99. The van der Waals surface area contributed by atoms with Gasteiger partial charge >= 0.3 is 0 Å². The fourth-order valence-electron chi connectivity index (χ4n) is 2.21. The summed E-state index contributed by atoms with van der Waals surface area (Å²) in [6.45, 7) is 0.795. The zero-order chi connectivity index (χ0) is 12.4. The van der Waals surface area contributed by atoms with Crippen LogP contribution in [0.3, 0.4) is 0 Å². The van der Waals surface area contributed by atoms with Crippen molar-refractivity contribution in [3.05, 3.63) is 71.9 Å². The molecule has 0 radical (unpaired) electrons. The third-order valence-corrected chi connectivity index (χ3v) is 3.09. The summed E-state index contributed by atoms with van der Waals surface area (Å²) in [5.41, 5.74) is 3.08. The van der Waals surface area contributed by atoms with Gasteiger partial charge < -0.3 is 4.57 Å². The zero-order valence-corrected chi connectivity index (χ0v) is 9.88. The normalized spacial score (nSPS) is 10.4. The number of hydrogen-bond acceptors (Lipinski definition) is 1. The molecule has 1 heterocycles. The number of hydrogen-bond donors (Lipinski definition) is 0. The predicted molar refractivity (Wildman–Crippen MR) is 72.2 cm³/mol. The van der Waals surface area contributed by atoms with Gasteiger partial charge in [-0.05, 0) is 35.2 Å². The molecule has 0 aliphatic rings. The first-order valence-electron chi connectivity index (χ1n) is 5.90. The van der Waals surface area contributed by atoms with E-state index in [1.54, 1.807) is 0 Å². The molecule has 1 aromatic heterocycles. The molecule has 86 valence electrons. The lowest BCUT2D eigenvalue weighted by Crippen LogP contribution is -1.97. The van der Waals surface area contributed by atoms with Crippen LogP contribution >= 0.6 is 0 Å². The van der Waals surface area contributed by atoms with Crippen molar-refractivity contribution >= 4 is 10.9 Å². The second-order valence-corrected chi connectivity index (χ2v) is 4.31. The summed E-state index contributed by atoms with van der Waals surface area (Å²) < 4.78 is 2.20. The van der Waals surface area contributed by atoms with E-state index in [2.05, 4.69) is 41.1 Å². The smallest absolute Gasteiger partial charge is 0.0991 e. The number of nitriles is 1. The molecule has 0 unspecified atom stereocenters. The van der Waals surface area contributed by atoms with Crippen molar-refractivity contribution in [1.29, 1.82) is 5.26 Å². The molecule has 0 aliphatic heterocycles. The monoisotopic (exact) mass is 232 g/mol. The SMILES string of the molecule is N#Cc1cccc(Cn2ccc3ccccc32)c1. The van der Waals surface area contributed by atoms with E-state index in [1.807, 2.05) is 30.3 Å². The third-order valence-electron chi connectivity index (χ3n) is 3.09. The van der Waals surface area contributed by atoms with Crippen LogP contribution in [0.4, 0.5) is 0 Å². The molecule has 0 atom stereocenters. The van der Waals surface area contributed by atoms with Crippen LogP contribution in [0.5, 0.6) is 0 Å². The van der Waals surface area contributed by atoms with Crippen LogP contribution in [-0.4, -0.2) is 4.57 Å². The Hall–Kier alpha value is -2.53. The van der Waals surface area contributed by atoms with Crippen LogP contribution in [0.2, 0.25) is 0 Å². The lowest BCUT2D eigenvalue weighted by atomic mass is 10.1. The van der Waals surface area contributed by atoms with Gasteiger partial charge in [-0.15, -0.1) is 0 Å². The van der Waals surface area contributed by atoms with Crippen LogP contribution in [-0.2, 0) is 6.54 Å². The first-order valence-corrected chi connectivity index (χ1v) is 5.90. The second kappa shape index (κ2) is 4.38. The van der Waals surface area contributed by atoms with Crippen molar-refractivity contribution in [2.45, 2.75) is 6.54 Å². The van der Waals surface area contributed by atoms with Crippen LogP contribution in [0.15, 0.2) is 60.8 Å². The number of para-hydroxylation sites is 1. The topological polar surface area (TPSA) is 28.7 Å². The molecule has 0 fully saturated rings. The quantitative estimate of drug-likeness (QED) is 0.664. The minimum absolute atomic E-state index is 0.712. The number of benzene rings is 2. The molecule has 2 heteroatoms. The van der Waals surface area contributed by atoms with Gasteiger partial charge in [-0.1, -0.05) is 30.3 Å². The number of rotatable bonds is 2. The molecule has 0 aliphatic carbocycles. The average molecular weight is 232 g/mol. The van der Waals surface area contributed by atoms with Gasteiger partial charge in [0.1, 0.15) is 0 Å². The van der Waals surface area contributed by atoms with E-state index in [1.165, 1.54) is 10.9 Å². The Bertz CT molecular complexity index is 732. The fraction of sp³-hybridized carbons (Fsp3) is 0.0625. The second-order valence-electron chi connectivity index (χ2n) is 4.31. The first kappa shape index (κ1) is 10.6. The Morgan fingerprint density at radius 2 is 1.89 bits per heavy atom. The highest BCUT2D eigenvalue weighted by atomic mass is 14.9. The molecule has 0 N–H and O–H groups in total. The molecule has 0 saturated heterocycles. The largest absolute Gasteiger partial charge is 0.343 e. The first-order chi connectivity index (χ1) is 8.86. The summed E-state index contributed by atoms with van der Waals surface area (Å²) in [5.74, 6) is 0. The van der Waals surface area contributed by atoms with Crippen LogP contribution < -0.4 is 0 Å². The minimum atomic E-state index is 0.712. The molecule has 18 heavy (non-hydrogen) atoms. The van der Waals surface area contributed by atoms with Crippen molar-refractivity contribution in [3.8, 4) is 6.07 Å². The minimum Gasteiger partial charge on any atom is -0.343 e. The van der Waals surface area contributed by atoms with E-state index in [-0.39, 0.29) is 0 Å². The number of fused-ring (bicyclic) bond motifs is 1. The maximum Gasteiger partial charge on any atom is 0.0991 e. The Kier molecular flexibility index (Phi) is 2.59. The average Bonchev–Trinajstić information content (AvgIpc) is 2.83. The predicted octanol–water partition coefficient (Wildman–Crippen LogP) is 3.56. The Labute approximate surface area is 106 Å². The fourth-order valence-corrected chi connectivity index (χ4v) is 2.21. The Morgan fingerprint density at radius 3 is 2.78 bits per heavy atom. The summed E-state index contributed by atoms with van der Waals surface area (Å²) in [7, 11) is 0. The van der Waals surface area contributed by atoms with E-state index in [0.717, 1.165) is 12.1 Å². The van der Waals surface area contributed by atoms with Crippen LogP contribution in [0.1, 0.15) is 11.1 Å². The molecule has 2 nitrogen and oxygen atoms in total. The van der Waals surface area contributed by atoms with Gasteiger partial charge in [0.2, 0.25) is 0 Å². The summed E-state index contributed by atoms with van der Waals surface area (Å²) >= 11 is 0. The van der Waals surface area contributed by atoms with Crippen molar-refractivity contribution in [2.75, 3.05) is 0 Å². The molecule has 0 amide bonds. The lowest BCUT2D eigenvalue weighted by molar-refractivity contribution is 0.836.